The highest BCUT2D eigenvalue weighted by atomic mass is 32.2. The summed E-state index contributed by atoms with van der Waals surface area (Å²) < 4.78 is 29.9. The highest BCUT2D eigenvalue weighted by Crippen LogP contribution is 2.27. The quantitative estimate of drug-likeness (QED) is 0.465. The van der Waals surface area contributed by atoms with Crippen LogP contribution in [0.15, 0.2) is 83.8 Å². The monoisotopic (exact) mass is 436 g/mol. The van der Waals surface area contributed by atoms with Crippen molar-refractivity contribution in [1.82, 2.24) is 0 Å². The van der Waals surface area contributed by atoms with E-state index in [0.29, 0.717) is 11.3 Å². The van der Waals surface area contributed by atoms with E-state index in [1.165, 1.54) is 0 Å². The summed E-state index contributed by atoms with van der Waals surface area (Å²) in [7, 11) is -3.22. The van der Waals surface area contributed by atoms with Crippen molar-refractivity contribution in [3.63, 3.8) is 0 Å². The first-order chi connectivity index (χ1) is 14.7. The lowest BCUT2D eigenvalue weighted by atomic mass is 9.98. The highest BCUT2D eigenvalue weighted by molar-refractivity contribution is 7.91. The molecule has 3 aromatic carbocycles. The molecule has 3 rings (SSSR count). The van der Waals surface area contributed by atoms with Crippen LogP contribution in [-0.4, -0.2) is 20.0 Å². The Morgan fingerprint density at radius 3 is 1.84 bits per heavy atom. The van der Waals surface area contributed by atoms with Gasteiger partial charge < -0.3 is 4.74 Å². The average molecular weight is 437 g/mol. The molecule has 0 atom stereocenters. The maximum absolute atomic E-state index is 12.5. The first kappa shape index (κ1) is 22.8. The lowest BCUT2D eigenvalue weighted by Crippen LogP contribution is -2.25. The third kappa shape index (κ3) is 6.05. The fourth-order valence-corrected chi connectivity index (χ4v) is 4.25. The molecule has 0 saturated heterocycles. The summed E-state index contributed by atoms with van der Waals surface area (Å²) in [5.41, 5.74) is 2.35. The highest BCUT2D eigenvalue weighted by Gasteiger charge is 2.22. The number of sulfone groups is 1. The largest absolute Gasteiger partial charge is 0.483 e. The molecular weight excluding hydrogens is 408 g/mol. The topological polar surface area (TPSA) is 60.4 Å². The fourth-order valence-electron chi connectivity index (χ4n) is 3.37. The third-order valence-electron chi connectivity index (χ3n) is 5.23. The molecule has 0 fully saturated rings. The van der Waals surface area contributed by atoms with Gasteiger partial charge in [-0.2, -0.15) is 0 Å². The number of ether oxygens (including phenoxy) is 1. The van der Waals surface area contributed by atoms with E-state index in [4.69, 9.17) is 4.74 Å². The summed E-state index contributed by atoms with van der Waals surface area (Å²) in [5, 5.41) is 0. The van der Waals surface area contributed by atoms with Crippen molar-refractivity contribution in [3.8, 4) is 5.75 Å². The van der Waals surface area contributed by atoms with Crippen LogP contribution in [0, 0.1) is 0 Å². The molecule has 0 aliphatic rings. The van der Waals surface area contributed by atoms with Gasteiger partial charge in [0.05, 0.1) is 10.6 Å². The maximum Gasteiger partial charge on any atom is 0.178 e. The van der Waals surface area contributed by atoms with E-state index in [0.717, 1.165) is 22.4 Å². The summed E-state index contributed by atoms with van der Waals surface area (Å²) in [6.45, 7) is 5.67. The van der Waals surface area contributed by atoms with Crippen molar-refractivity contribution in [1.29, 1.82) is 0 Å². The minimum atomic E-state index is -3.22. The SMILES string of the molecule is CCS(=O)(=O)c1ccc(CC(=O)Cc2ccc(OC(C)(C)c3ccccc3)cc2)cc1. The van der Waals surface area contributed by atoms with Crippen molar-refractivity contribution >= 4 is 15.6 Å². The molecule has 0 spiro atoms. The second-order valence-corrected chi connectivity index (χ2v) is 10.3. The summed E-state index contributed by atoms with van der Waals surface area (Å²) >= 11 is 0. The summed E-state index contributed by atoms with van der Waals surface area (Å²) in [6, 6.07) is 24.2. The van der Waals surface area contributed by atoms with E-state index in [1.54, 1.807) is 31.2 Å². The zero-order chi connectivity index (χ0) is 22.5. The van der Waals surface area contributed by atoms with Crippen LogP contribution < -0.4 is 4.74 Å². The molecule has 4 nitrogen and oxygen atoms in total. The number of carbonyl (C=O) groups is 1. The number of hydrogen-bond acceptors (Lipinski definition) is 4. The first-order valence-electron chi connectivity index (χ1n) is 10.4. The Kier molecular flexibility index (Phi) is 6.96. The maximum atomic E-state index is 12.5. The van der Waals surface area contributed by atoms with E-state index in [-0.39, 0.29) is 18.0 Å². The standard InChI is InChI=1S/C26H28O4S/c1-4-31(28,29)25-16-12-21(13-17-25)19-23(27)18-20-10-14-24(15-11-20)30-26(2,3)22-8-6-5-7-9-22/h5-17H,4,18-19H2,1-3H3. The molecule has 0 aromatic heterocycles. The molecule has 0 amide bonds. The van der Waals surface area contributed by atoms with Gasteiger partial charge in [-0.1, -0.05) is 61.5 Å². The lowest BCUT2D eigenvalue weighted by molar-refractivity contribution is -0.117. The number of carbonyl (C=O) groups excluding carboxylic acids is 1. The van der Waals surface area contributed by atoms with Crippen LogP contribution in [-0.2, 0) is 33.1 Å². The predicted molar refractivity (Wildman–Crippen MR) is 123 cm³/mol. The second kappa shape index (κ2) is 9.48. The predicted octanol–water partition coefficient (Wildman–Crippen LogP) is 5.15. The number of rotatable bonds is 9. The molecular formula is C26H28O4S. The van der Waals surface area contributed by atoms with Crippen LogP contribution in [0.4, 0.5) is 0 Å². The number of Topliss-reactive ketones (excluding diaryl/α,β-unsaturated/α-hetero) is 1. The lowest BCUT2D eigenvalue weighted by Gasteiger charge is -2.27. The molecule has 31 heavy (non-hydrogen) atoms. The van der Waals surface area contributed by atoms with Crippen molar-refractivity contribution in [2.24, 2.45) is 0 Å². The minimum absolute atomic E-state index is 0.0630. The summed E-state index contributed by atoms with van der Waals surface area (Å²) in [6.07, 6.45) is 0.586. The van der Waals surface area contributed by atoms with Gasteiger partial charge in [0.1, 0.15) is 17.1 Å². The van der Waals surface area contributed by atoms with Crippen LogP contribution in [0.2, 0.25) is 0 Å². The van der Waals surface area contributed by atoms with Crippen molar-refractivity contribution in [3.05, 3.63) is 95.6 Å². The first-order valence-corrected chi connectivity index (χ1v) is 12.0. The van der Waals surface area contributed by atoms with Gasteiger partial charge >= 0.3 is 0 Å². The van der Waals surface area contributed by atoms with E-state index >= 15 is 0 Å². The summed E-state index contributed by atoms with van der Waals surface area (Å²) in [4.78, 5) is 12.8. The van der Waals surface area contributed by atoms with Crippen LogP contribution in [0.1, 0.15) is 37.5 Å². The molecule has 162 valence electrons. The van der Waals surface area contributed by atoms with E-state index in [2.05, 4.69) is 0 Å². The fraction of sp³-hybridized carbons (Fsp3) is 0.269. The van der Waals surface area contributed by atoms with Gasteiger partial charge in [0, 0.05) is 12.8 Å². The molecule has 5 heteroatoms. The van der Waals surface area contributed by atoms with Crippen molar-refractivity contribution in [2.75, 3.05) is 5.75 Å². The zero-order valence-corrected chi connectivity index (χ0v) is 19.0. The van der Waals surface area contributed by atoms with Gasteiger partial charge in [-0.25, -0.2) is 8.42 Å². The molecule has 0 bridgehead atoms. The van der Waals surface area contributed by atoms with Gasteiger partial charge in [0.2, 0.25) is 0 Å². The Morgan fingerprint density at radius 2 is 1.32 bits per heavy atom. The number of benzene rings is 3. The molecule has 0 aliphatic heterocycles. The van der Waals surface area contributed by atoms with Crippen LogP contribution >= 0.6 is 0 Å². The van der Waals surface area contributed by atoms with Gasteiger partial charge in [0.15, 0.2) is 9.84 Å². The number of ketones is 1. The Morgan fingerprint density at radius 1 is 0.806 bits per heavy atom. The third-order valence-corrected chi connectivity index (χ3v) is 6.98. The molecule has 0 aliphatic carbocycles. The molecule has 3 aromatic rings. The summed E-state index contributed by atoms with van der Waals surface area (Å²) in [5.74, 6) is 0.884. The molecule has 0 heterocycles. The van der Waals surface area contributed by atoms with Crippen molar-refractivity contribution in [2.45, 2.75) is 44.1 Å². The Hall–Kier alpha value is -2.92. The molecule has 0 saturated carbocycles. The Balaban J connectivity index is 1.59. The Bertz CT molecular complexity index is 1110. The molecule has 0 unspecified atom stereocenters. The van der Waals surface area contributed by atoms with Gasteiger partial charge in [0.25, 0.3) is 0 Å². The van der Waals surface area contributed by atoms with Crippen molar-refractivity contribution < 1.29 is 17.9 Å². The zero-order valence-electron chi connectivity index (χ0n) is 18.2. The van der Waals surface area contributed by atoms with Crippen LogP contribution in [0.5, 0.6) is 5.75 Å². The molecule has 0 radical (unpaired) electrons. The van der Waals surface area contributed by atoms with Crippen LogP contribution in [0.25, 0.3) is 0 Å². The van der Waals surface area contributed by atoms with Gasteiger partial charge in [-0.05, 0) is 54.8 Å². The van der Waals surface area contributed by atoms with Gasteiger partial charge in [-0.3, -0.25) is 4.79 Å². The molecule has 0 N–H and O–H groups in total. The van der Waals surface area contributed by atoms with E-state index in [9.17, 15) is 13.2 Å². The Labute approximate surface area is 184 Å². The smallest absolute Gasteiger partial charge is 0.178 e. The van der Waals surface area contributed by atoms with E-state index in [1.807, 2.05) is 68.4 Å². The average Bonchev–Trinajstić information content (AvgIpc) is 2.76. The van der Waals surface area contributed by atoms with Gasteiger partial charge in [-0.15, -0.1) is 0 Å². The van der Waals surface area contributed by atoms with Crippen LogP contribution in [0.3, 0.4) is 0 Å². The normalized spacial score (nSPS) is 11.8. The minimum Gasteiger partial charge on any atom is -0.483 e. The number of hydrogen-bond donors (Lipinski definition) is 0. The second-order valence-electron chi connectivity index (χ2n) is 8.06. The van der Waals surface area contributed by atoms with E-state index < -0.39 is 15.4 Å².